The molecule has 1 fully saturated rings. The van der Waals surface area contributed by atoms with Gasteiger partial charge in [-0.05, 0) is 31.4 Å². The molecule has 106 valence electrons. The van der Waals surface area contributed by atoms with Crippen molar-refractivity contribution in [2.75, 3.05) is 18.0 Å². The number of benzene rings is 1. The van der Waals surface area contributed by atoms with E-state index in [1.54, 1.807) is 18.2 Å². The van der Waals surface area contributed by atoms with Gasteiger partial charge in [-0.3, -0.25) is 0 Å². The molecule has 2 aromatic rings. The number of para-hydroxylation sites is 1. The second kappa shape index (κ2) is 4.96. The number of piperidine rings is 1. The van der Waals surface area contributed by atoms with Crippen LogP contribution in [0.15, 0.2) is 30.3 Å². The lowest BCUT2D eigenvalue weighted by molar-refractivity contribution is -0.136. The minimum atomic E-state index is -4.35. The minimum Gasteiger partial charge on any atom is -0.357 e. The van der Waals surface area contributed by atoms with Gasteiger partial charge in [0.05, 0.1) is 11.1 Å². The molecule has 3 rings (SSSR count). The van der Waals surface area contributed by atoms with Crippen LogP contribution >= 0.6 is 0 Å². The molecule has 1 aliphatic heterocycles. The van der Waals surface area contributed by atoms with Gasteiger partial charge in [0.1, 0.15) is 5.82 Å². The highest BCUT2D eigenvalue weighted by Gasteiger charge is 2.34. The first-order valence-corrected chi connectivity index (χ1v) is 6.77. The molecule has 0 N–H and O–H groups in total. The predicted molar refractivity (Wildman–Crippen MR) is 72.8 cm³/mol. The van der Waals surface area contributed by atoms with Crippen LogP contribution in [0.1, 0.15) is 24.8 Å². The fourth-order valence-electron chi connectivity index (χ4n) is 2.68. The molecule has 2 heterocycles. The summed E-state index contributed by atoms with van der Waals surface area (Å²) in [5.74, 6) is 0.440. The lowest BCUT2D eigenvalue weighted by atomic mass is 10.1. The van der Waals surface area contributed by atoms with Gasteiger partial charge in [-0.15, -0.1) is 0 Å². The standard InChI is InChI=1S/C15H15F3N2/c16-15(17,18)12-10-14(20-8-4-1-5-9-20)19-13-7-3-2-6-11(12)13/h2-3,6-7,10H,1,4-5,8-9H2. The van der Waals surface area contributed by atoms with Crippen molar-refractivity contribution in [1.29, 1.82) is 0 Å². The highest BCUT2D eigenvalue weighted by Crippen LogP contribution is 2.36. The van der Waals surface area contributed by atoms with E-state index in [1.165, 1.54) is 12.1 Å². The van der Waals surface area contributed by atoms with E-state index < -0.39 is 11.7 Å². The lowest BCUT2D eigenvalue weighted by Crippen LogP contribution is -2.30. The number of aromatic nitrogens is 1. The van der Waals surface area contributed by atoms with Crippen molar-refractivity contribution < 1.29 is 13.2 Å². The second-order valence-corrected chi connectivity index (χ2v) is 5.09. The van der Waals surface area contributed by atoms with Gasteiger partial charge < -0.3 is 4.90 Å². The number of hydrogen-bond donors (Lipinski definition) is 0. The number of pyridine rings is 1. The Morgan fingerprint density at radius 2 is 1.70 bits per heavy atom. The normalized spacial score (nSPS) is 16.6. The molecule has 0 amide bonds. The number of nitrogens with zero attached hydrogens (tertiary/aromatic N) is 2. The summed E-state index contributed by atoms with van der Waals surface area (Å²) in [7, 11) is 0. The summed E-state index contributed by atoms with van der Waals surface area (Å²) in [6, 6.07) is 7.63. The van der Waals surface area contributed by atoms with E-state index in [4.69, 9.17) is 0 Å². The zero-order valence-corrected chi connectivity index (χ0v) is 11.0. The second-order valence-electron chi connectivity index (χ2n) is 5.09. The SMILES string of the molecule is FC(F)(F)c1cc(N2CCCCC2)nc2ccccc12. The molecule has 1 aliphatic rings. The summed E-state index contributed by atoms with van der Waals surface area (Å²) in [6.45, 7) is 1.56. The number of alkyl halides is 3. The van der Waals surface area contributed by atoms with E-state index in [1.807, 2.05) is 4.90 Å². The number of fused-ring (bicyclic) bond motifs is 1. The zero-order chi connectivity index (χ0) is 14.2. The number of halogens is 3. The molecule has 0 unspecified atom stereocenters. The van der Waals surface area contributed by atoms with Crippen LogP contribution in [-0.2, 0) is 6.18 Å². The van der Waals surface area contributed by atoms with Gasteiger partial charge in [-0.1, -0.05) is 18.2 Å². The van der Waals surface area contributed by atoms with Crippen molar-refractivity contribution in [1.82, 2.24) is 4.98 Å². The first-order chi connectivity index (χ1) is 9.55. The van der Waals surface area contributed by atoms with Crippen LogP contribution < -0.4 is 4.90 Å². The third-order valence-electron chi connectivity index (χ3n) is 3.69. The van der Waals surface area contributed by atoms with E-state index in [0.717, 1.165) is 32.4 Å². The van der Waals surface area contributed by atoms with Gasteiger partial charge >= 0.3 is 6.18 Å². The number of anilines is 1. The fraction of sp³-hybridized carbons (Fsp3) is 0.400. The number of rotatable bonds is 1. The van der Waals surface area contributed by atoms with E-state index >= 15 is 0 Å². The third kappa shape index (κ3) is 2.44. The van der Waals surface area contributed by atoms with Gasteiger partial charge in [-0.2, -0.15) is 13.2 Å². The first kappa shape index (κ1) is 13.2. The summed E-state index contributed by atoms with van der Waals surface area (Å²) in [5, 5.41) is 0.167. The largest absolute Gasteiger partial charge is 0.417 e. The maximum Gasteiger partial charge on any atom is 0.417 e. The lowest BCUT2D eigenvalue weighted by Gasteiger charge is -2.28. The minimum absolute atomic E-state index is 0.167. The molecule has 5 heteroatoms. The molecule has 0 bridgehead atoms. The van der Waals surface area contributed by atoms with Gasteiger partial charge in [0.2, 0.25) is 0 Å². The number of hydrogen-bond acceptors (Lipinski definition) is 2. The van der Waals surface area contributed by atoms with Crippen molar-refractivity contribution in [2.45, 2.75) is 25.4 Å². The molecule has 1 aromatic carbocycles. The van der Waals surface area contributed by atoms with Crippen LogP contribution in [0.3, 0.4) is 0 Å². The monoisotopic (exact) mass is 280 g/mol. The van der Waals surface area contributed by atoms with Gasteiger partial charge in [0.25, 0.3) is 0 Å². The molecule has 20 heavy (non-hydrogen) atoms. The molecule has 0 spiro atoms. The third-order valence-corrected chi connectivity index (χ3v) is 3.69. The van der Waals surface area contributed by atoms with Crippen LogP contribution in [0.5, 0.6) is 0 Å². The van der Waals surface area contributed by atoms with E-state index in [-0.39, 0.29) is 5.39 Å². The van der Waals surface area contributed by atoms with Crippen LogP contribution in [0.25, 0.3) is 10.9 Å². The van der Waals surface area contributed by atoms with Crippen LogP contribution in [0, 0.1) is 0 Å². The molecule has 2 nitrogen and oxygen atoms in total. The van der Waals surface area contributed by atoms with Crippen LogP contribution in [-0.4, -0.2) is 18.1 Å². The molecule has 0 aliphatic carbocycles. The Morgan fingerprint density at radius 1 is 1.00 bits per heavy atom. The van der Waals surface area contributed by atoms with Gasteiger partial charge in [0.15, 0.2) is 0 Å². The molecule has 0 radical (unpaired) electrons. The molecular weight excluding hydrogens is 265 g/mol. The maximum absolute atomic E-state index is 13.2. The highest BCUT2D eigenvalue weighted by molar-refractivity contribution is 5.84. The van der Waals surface area contributed by atoms with Crippen molar-refractivity contribution in [3.63, 3.8) is 0 Å². The van der Waals surface area contributed by atoms with Gasteiger partial charge in [-0.25, -0.2) is 4.98 Å². The van der Waals surface area contributed by atoms with Crippen molar-refractivity contribution in [3.8, 4) is 0 Å². The Hall–Kier alpha value is -1.78. The van der Waals surface area contributed by atoms with Crippen molar-refractivity contribution >= 4 is 16.7 Å². The summed E-state index contributed by atoms with van der Waals surface area (Å²) in [4.78, 5) is 6.35. The average Bonchev–Trinajstić information content (AvgIpc) is 2.46. The topological polar surface area (TPSA) is 16.1 Å². The van der Waals surface area contributed by atoms with Gasteiger partial charge in [0, 0.05) is 18.5 Å². The molecule has 0 saturated carbocycles. The predicted octanol–water partition coefficient (Wildman–Crippen LogP) is 4.24. The molecule has 0 atom stereocenters. The van der Waals surface area contributed by atoms with E-state index in [9.17, 15) is 13.2 Å². The Kier molecular flexibility index (Phi) is 3.28. The smallest absolute Gasteiger partial charge is 0.357 e. The maximum atomic E-state index is 13.2. The zero-order valence-electron chi connectivity index (χ0n) is 11.0. The average molecular weight is 280 g/mol. The molecule has 1 saturated heterocycles. The summed E-state index contributed by atoms with van der Waals surface area (Å²) >= 11 is 0. The van der Waals surface area contributed by atoms with Crippen LogP contribution in [0.2, 0.25) is 0 Å². The molecular formula is C15H15F3N2. The summed E-state index contributed by atoms with van der Waals surface area (Å²) < 4.78 is 39.7. The first-order valence-electron chi connectivity index (χ1n) is 6.77. The Bertz CT molecular complexity index is 616. The summed E-state index contributed by atoms with van der Waals surface area (Å²) in [6.07, 6.45) is -1.20. The van der Waals surface area contributed by atoms with Crippen molar-refractivity contribution in [3.05, 3.63) is 35.9 Å². The molecule has 1 aromatic heterocycles. The van der Waals surface area contributed by atoms with Crippen molar-refractivity contribution in [2.24, 2.45) is 0 Å². The Labute approximate surface area is 115 Å². The Balaban J connectivity index is 2.14. The van der Waals surface area contributed by atoms with E-state index in [2.05, 4.69) is 4.98 Å². The fourth-order valence-corrected chi connectivity index (χ4v) is 2.68. The Morgan fingerprint density at radius 3 is 2.40 bits per heavy atom. The quantitative estimate of drug-likeness (QED) is 0.776. The van der Waals surface area contributed by atoms with Crippen LogP contribution in [0.4, 0.5) is 19.0 Å². The highest BCUT2D eigenvalue weighted by atomic mass is 19.4. The summed E-state index contributed by atoms with van der Waals surface area (Å²) in [5.41, 5.74) is -0.188. The van der Waals surface area contributed by atoms with E-state index in [0.29, 0.717) is 11.3 Å².